The minimum atomic E-state index is -0.281. The summed E-state index contributed by atoms with van der Waals surface area (Å²) in [6.45, 7) is 5.31. The summed E-state index contributed by atoms with van der Waals surface area (Å²) in [6, 6.07) is 7.81. The monoisotopic (exact) mass is 420 g/mol. The Labute approximate surface area is 182 Å². The van der Waals surface area contributed by atoms with Gasteiger partial charge in [-0.1, -0.05) is 24.1 Å². The summed E-state index contributed by atoms with van der Waals surface area (Å²) < 4.78 is 1.79. The number of nitrogens with zero attached hydrogens (tertiary/aromatic N) is 5. The van der Waals surface area contributed by atoms with Crippen LogP contribution in [0.5, 0.6) is 0 Å². The van der Waals surface area contributed by atoms with E-state index in [2.05, 4.69) is 37.4 Å². The molecule has 0 saturated heterocycles. The second kappa shape index (κ2) is 9.91. The number of amides is 1. The molecule has 0 radical (unpaired) electrons. The maximum Gasteiger partial charge on any atom is 0.272 e. The van der Waals surface area contributed by atoms with E-state index in [0.29, 0.717) is 42.9 Å². The van der Waals surface area contributed by atoms with Crippen molar-refractivity contribution < 1.29 is 4.79 Å². The molecule has 0 spiro atoms. The van der Waals surface area contributed by atoms with Gasteiger partial charge in [0.2, 0.25) is 5.95 Å². The number of nitrogens with two attached hydrogens (primary N) is 1. The van der Waals surface area contributed by atoms with E-state index in [1.807, 2.05) is 43.1 Å². The molecular weight excluding hydrogens is 392 g/mol. The zero-order chi connectivity index (χ0) is 22.4. The van der Waals surface area contributed by atoms with Crippen LogP contribution in [0.2, 0.25) is 0 Å². The molecule has 9 heteroatoms. The number of carbonyl (C=O) groups is 1. The highest BCUT2D eigenvalue weighted by molar-refractivity contribution is 5.98. The zero-order valence-electron chi connectivity index (χ0n) is 18.4. The quantitative estimate of drug-likeness (QED) is 0.474. The first-order chi connectivity index (χ1) is 15.0. The topological polar surface area (TPSA) is 114 Å². The number of imidazole rings is 1. The Kier molecular flexibility index (Phi) is 7.05. The summed E-state index contributed by atoms with van der Waals surface area (Å²) in [6.07, 6.45) is 0. The van der Waals surface area contributed by atoms with Crippen molar-refractivity contribution in [1.82, 2.24) is 24.8 Å². The van der Waals surface area contributed by atoms with Crippen LogP contribution in [-0.4, -0.2) is 52.6 Å². The Bertz CT molecular complexity index is 1140. The van der Waals surface area contributed by atoms with Gasteiger partial charge in [0, 0.05) is 38.3 Å². The molecule has 0 unspecified atom stereocenters. The first kappa shape index (κ1) is 22.1. The fourth-order valence-corrected chi connectivity index (χ4v) is 3.36. The fourth-order valence-electron chi connectivity index (χ4n) is 3.36. The van der Waals surface area contributed by atoms with Gasteiger partial charge in [0.05, 0.1) is 18.6 Å². The van der Waals surface area contributed by atoms with Gasteiger partial charge < -0.3 is 21.3 Å². The second-order valence-electron chi connectivity index (χ2n) is 7.01. The summed E-state index contributed by atoms with van der Waals surface area (Å²) >= 11 is 0. The lowest BCUT2D eigenvalue weighted by atomic mass is 10.2. The number of anilines is 2. The Balaban J connectivity index is 1.90. The Morgan fingerprint density at radius 3 is 2.74 bits per heavy atom. The molecule has 0 atom stereocenters. The third kappa shape index (κ3) is 4.75. The SMILES string of the molecule is CC#CCn1c(N(C)CCN)nc(NC)c1C(=O)NCc1nc(C)c2ccccc2n1. The van der Waals surface area contributed by atoms with E-state index in [0.717, 1.165) is 16.6 Å². The molecule has 3 rings (SSSR count). The maximum atomic E-state index is 13.2. The van der Waals surface area contributed by atoms with E-state index >= 15 is 0 Å². The Morgan fingerprint density at radius 1 is 1.26 bits per heavy atom. The maximum absolute atomic E-state index is 13.2. The van der Waals surface area contributed by atoms with E-state index in [4.69, 9.17) is 5.73 Å². The Hall–Kier alpha value is -3.64. The minimum absolute atomic E-state index is 0.201. The fraction of sp³-hybridized carbons (Fsp3) is 0.364. The van der Waals surface area contributed by atoms with Crippen molar-refractivity contribution in [2.24, 2.45) is 5.73 Å². The largest absolute Gasteiger partial charge is 0.371 e. The molecule has 4 N–H and O–H groups in total. The predicted octanol–water partition coefficient (Wildman–Crippen LogP) is 1.52. The molecule has 1 amide bonds. The molecule has 0 fully saturated rings. The van der Waals surface area contributed by atoms with Crippen molar-refractivity contribution in [2.75, 3.05) is 37.4 Å². The van der Waals surface area contributed by atoms with Crippen LogP contribution in [0.1, 0.15) is 28.9 Å². The third-order valence-electron chi connectivity index (χ3n) is 4.87. The zero-order valence-corrected chi connectivity index (χ0v) is 18.4. The predicted molar refractivity (Wildman–Crippen MR) is 123 cm³/mol. The molecule has 0 aliphatic rings. The number of likely N-dealkylation sites (N-methyl/N-ethyl adjacent to an activating group) is 1. The van der Waals surface area contributed by atoms with Gasteiger partial charge in [-0.2, -0.15) is 4.98 Å². The van der Waals surface area contributed by atoms with Crippen LogP contribution in [0, 0.1) is 18.8 Å². The van der Waals surface area contributed by atoms with Gasteiger partial charge in [0.1, 0.15) is 5.82 Å². The van der Waals surface area contributed by atoms with Crippen LogP contribution in [0.3, 0.4) is 0 Å². The van der Waals surface area contributed by atoms with Gasteiger partial charge in [-0.15, -0.1) is 5.92 Å². The number of hydrogen-bond donors (Lipinski definition) is 3. The van der Waals surface area contributed by atoms with Gasteiger partial charge in [-0.05, 0) is 19.9 Å². The van der Waals surface area contributed by atoms with Crippen molar-refractivity contribution in [3.05, 3.63) is 41.5 Å². The summed E-state index contributed by atoms with van der Waals surface area (Å²) in [4.78, 5) is 28.8. The molecule has 0 bridgehead atoms. The molecule has 0 saturated carbocycles. The lowest BCUT2D eigenvalue weighted by Gasteiger charge is -2.18. The smallest absolute Gasteiger partial charge is 0.272 e. The molecule has 3 aromatic rings. The van der Waals surface area contributed by atoms with Crippen LogP contribution < -0.4 is 21.3 Å². The molecule has 2 heterocycles. The van der Waals surface area contributed by atoms with Gasteiger partial charge >= 0.3 is 0 Å². The van der Waals surface area contributed by atoms with Gasteiger partial charge in [-0.3, -0.25) is 9.36 Å². The number of aromatic nitrogens is 4. The number of para-hydroxylation sites is 1. The summed E-state index contributed by atoms with van der Waals surface area (Å²) in [7, 11) is 3.62. The molecule has 162 valence electrons. The van der Waals surface area contributed by atoms with Crippen molar-refractivity contribution in [3.63, 3.8) is 0 Å². The van der Waals surface area contributed by atoms with E-state index < -0.39 is 0 Å². The molecule has 2 aromatic heterocycles. The number of nitrogens with one attached hydrogen (secondary N) is 2. The van der Waals surface area contributed by atoms with Gasteiger partial charge in [-0.25, -0.2) is 9.97 Å². The molecule has 9 nitrogen and oxygen atoms in total. The molecule has 0 aliphatic carbocycles. The highest BCUT2D eigenvalue weighted by Crippen LogP contribution is 2.23. The van der Waals surface area contributed by atoms with E-state index in [1.165, 1.54) is 0 Å². The number of hydrogen-bond acceptors (Lipinski definition) is 7. The van der Waals surface area contributed by atoms with Crippen LogP contribution in [-0.2, 0) is 13.1 Å². The van der Waals surface area contributed by atoms with Gasteiger partial charge in [0.25, 0.3) is 5.91 Å². The standard InChI is InChI=1S/C22H28N8O/c1-5-6-12-30-19(20(24-3)28-22(30)29(4)13-11-23)21(31)25-14-18-26-15(2)16-9-7-8-10-17(16)27-18/h7-10,24H,11-14,23H2,1-4H3,(H,25,31). The molecule has 0 aliphatic heterocycles. The summed E-state index contributed by atoms with van der Waals surface area (Å²) in [5.41, 5.74) is 7.83. The average molecular weight is 421 g/mol. The minimum Gasteiger partial charge on any atom is -0.371 e. The van der Waals surface area contributed by atoms with Crippen LogP contribution >= 0.6 is 0 Å². The van der Waals surface area contributed by atoms with Crippen LogP contribution in [0.4, 0.5) is 11.8 Å². The lowest BCUT2D eigenvalue weighted by Crippen LogP contribution is -2.30. The van der Waals surface area contributed by atoms with Crippen molar-refractivity contribution >= 4 is 28.6 Å². The van der Waals surface area contributed by atoms with Crippen LogP contribution in [0.15, 0.2) is 24.3 Å². The van der Waals surface area contributed by atoms with E-state index in [9.17, 15) is 4.79 Å². The van der Waals surface area contributed by atoms with Gasteiger partial charge in [0.15, 0.2) is 11.5 Å². The van der Waals surface area contributed by atoms with Crippen LogP contribution in [0.25, 0.3) is 10.9 Å². The van der Waals surface area contributed by atoms with Crippen molar-refractivity contribution in [2.45, 2.75) is 26.9 Å². The molecule has 1 aromatic carbocycles. The lowest BCUT2D eigenvalue weighted by molar-refractivity contribution is 0.0942. The highest BCUT2D eigenvalue weighted by atomic mass is 16.2. The molecular formula is C22H28N8O. The van der Waals surface area contributed by atoms with Crippen molar-refractivity contribution in [1.29, 1.82) is 0 Å². The first-order valence-electron chi connectivity index (χ1n) is 10.1. The summed E-state index contributed by atoms with van der Waals surface area (Å²) in [5.74, 6) is 7.27. The van der Waals surface area contributed by atoms with Crippen molar-refractivity contribution in [3.8, 4) is 11.8 Å². The molecule has 31 heavy (non-hydrogen) atoms. The normalized spacial score (nSPS) is 10.5. The number of benzene rings is 1. The second-order valence-corrected chi connectivity index (χ2v) is 7.01. The van der Waals surface area contributed by atoms with E-state index in [-0.39, 0.29) is 12.5 Å². The number of carbonyl (C=O) groups excluding carboxylic acids is 1. The average Bonchev–Trinajstić information content (AvgIpc) is 3.15. The first-order valence-corrected chi connectivity index (χ1v) is 10.1. The number of rotatable bonds is 8. The number of aryl methyl sites for hydroxylation is 1. The number of fused-ring (bicyclic) bond motifs is 1. The summed E-state index contributed by atoms with van der Waals surface area (Å²) in [5, 5.41) is 6.94. The van der Waals surface area contributed by atoms with E-state index in [1.54, 1.807) is 18.5 Å². The third-order valence-corrected chi connectivity index (χ3v) is 4.87. The highest BCUT2D eigenvalue weighted by Gasteiger charge is 2.24. The Morgan fingerprint density at radius 2 is 2.03 bits per heavy atom.